The summed E-state index contributed by atoms with van der Waals surface area (Å²) >= 11 is 0. The van der Waals surface area contributed by atoms with Gasteiger partial charge in [0.15, 0.2) is 0 Å². The van der Waals surface area contributed by atoms with Gasteiger partial charge in [0, 0.05) is 6.21 Å². The van der Waals surface area contributed by atoms with E-state index in [1.54, 1.807) is 30.3 Å². The van der Waals surface area contributed by atoms with E-state index < -0.39 is 10.0 Å². The van der Waals surface area contributed by atoms with Gasteiger partial charge in [0.25, 0.3) is 10.0 Å². The van der Waals surface area contributed by atoms with Gasteiger partial charge < -0.3 is 9.15 Å². The molecule has 20 heavy (non-hydrogen) atoms. The van der Waals surface area contributed by atoms with Gasteiger partial charge in [-0.15, -0.1) is 0 Å². The average Bonchev–Trinajstić information content (AvgIpc) is 2.97. The van der Waals surface area contributed by atoms with E-state index >= 15 is 0 Å². The van der Waals surface area contributed by atoms with Crippen molar-refractivity contribution in [1.29, 1.82) is 0 Å². The first kappa shape index (κ1) is 14.1. The monoisotopic (exact) mass is 291 g/mol. The predicted octanol–water partition coefficient (Wildman–Crippen LogP) is 2.76. The molecule has 0 atom stereocenters. The summed E-state index contributed by atoms with van der Waals surface area (Å²) < 4.78 is 37.4. The summed E-state index contributed by atoms with van der Waals surface area (Å²) in [5.74, 6) is 1.21. The van der Waals surface area contributed by atoms with Crippen LogP contribution in [0, 0.1) is 0 Å². The molecule has 104 valence electrons. The lowest BCUT2D eigenvalue weighted by Gasteiger charge is -2.00. The average molecular weight is 291 g/mol. The molecule has 1 aromatic heterocycles. The van der Waals surface area contributed by atoms with Crippen LogP contribution in [0.25, 0.3) is 6.08 Å². The first-order valence-electron chi connectivity index (χ1n) is 5.76. The Balaban J connectivity index is 2.10. The fourth-order valence-electron chi connectivity index (χ4n) is 1.45. The van der Waals surface area contributed by atoms with E-state index in [0.717, 1.165) is 0 Å². The van der Waals surface area contributed by atoms with Gasteiger partial charge in [-0.05, 0) is 48.6 Å². The van der Waals surface area contributed by atoms with E-state index in [9.17, 15) is 8.42 Å². The summed E-state index contributed by atoms with van der Waals surface area (Å²) in [5, 5.41) is 0. The van der Waals surface area contributed by atoms with Gasteiger partial charge in [0.1, 0.15) is 11.5 Å². The van der Waals surface area contributed by atoms with Crippen molar-refractivity contribution in [3.63, 3.8) is 0 Å². The summed E-state index contributed by atoms with van der Waals surface area (Å²) in [7, 11) is -2.18. The minimum atomic E-state index is -3.69. The van der Waals surface area contributed by atoms with Gasteiger partial charge in [0.2, 0.25) is 0 Å². The first-order valence-corrected chi connectivity index (χ1v) is 7.20. The quantitative estimate of drug-likeness (QED) is 0.794. The minimum Gasteiger partial charge on any atom is -0.497 e. The van der Waals surface area contributed by atoms with Crippen LogP contribution in [0.2, 0.25) is 0 Å². The van der Waals surface area contributed by atoms with E-state index in [1.807, 2.05) is 0 Å². The predicted molar refractivity (Wildman–Crippen MR) is 76.4 cm³/mol. The molecule has 0 aliphatic rings. The standard InChI is InChI=1S/C14H13NO4S/c1-18-12-6-8-14(9-7-12)20(16,17)15-10-2-4-13-5-3-11-19-13/h2-11H,1H3. The highest BCUT2D eigenvalue weighted by atomic mass is 32.2. The van der Waals surface area contributed by atoms with Crippen LogP contribution in [0.15, 0.2) is 62.4 Å². The summed E-state index contributed by atoms with van der Waals surface area (Å²) in [5.41, 5.74) is 0. The molecule has 0 spiro atoms. The molecule has 0 saturated carbocycles. The molecule has 2 rings (SSSR count). The van der Waals surface area contributed by atoms with Crippen molar-refractivity contribution < 1.29 is 17.6 Å². The molecule has 0 radical (unpaired) electrons. The van der Waals surface area contributed by atoms with E-state index in [0.29, 0.717) is 11.5 Å². The summed E-state index contributed by atoms with van der Waals surface area (Å²) in [6, 6.07) is 9.53. The number of allylic oxidation sites excluding steroid dienone is 1. The van der Waals surface area contributed by atoms with Crippen molar-refractivity contribution in [3.05, 3.63) is 54.5 Å². The van der Waals surface area contributed by atoms with Gasteiger partial charge in [-0.3, -0.25) is 0 Å². The molecule has 2 aromatic rings. The summed E-state index contributed by atoms with van der Waals surface area (Å²) in [6.45, 7) is 0. The molecule has 0 bridgehead atoms. The molecule has 5 nitrogen and oxygen atoms in total. The van der Waals surface area contributed by atoms with Crippen molar-refractivity contribution >= 4 is 22.3 Å². The molecular weight excluding hydrogens is 278 g/mol. The SMILES string of the molecule is COc1ccc(S(=O)(=O)N=CC=Cc2ccco2)cc1. The Morgan fingerprint density at radius 1 is 1.20 bits per heavy atom. The lowest BCUT2D eigenvalue weighted by Crippen LogP contribution is -1.96. The third-order valence-electron chi connectivity index (χ3n) is 2.45. The van der Waals surface area contributed by atoms with Crippen molar-refractivity contribution in [1.82, 2.24) is 0 Å². The number of rotatable bonds is 5. The molecule has 6 heteroatoms. The second-order valence-electron chi connectivity index (χ2n) is 3.78. The van der Waals surface area contributed by atoms with Crippen LogP contribution >= 0.6 is 0 Å². The third kappa shape index (κ3) is 3.58. The van der Waals surface area contributed by atoms with Gasteiger partial charge in [-0.1, -0.05) is 0 Å². The number of hydrogen-bond donors (Lipinski definition) is 0. The Labute approximate surface area is 117 Å². The van der Waals surface area contributed by atoms with Crippen LogP contribution < -0.4 is 4.74 Å². The summed E-state index contributed by atoms with van der Waals surface area (Å²) in [6.07, 6.45) is 5.86. The normalized spacial score (nSPS) is 12.2. The molecule has 0 N–H and O–H groups in total. The smallest absolute Gasteiger partial charge is 0.282 e. The molecule has 0 unspecified atom stereocenters. The Morgan fingerprint density at radius 2 is 1.95 bits per heavy atom. The highest BCUT2D eigenvalue weighted by molar-refractivity contribution is 7.90. The van der Waals surface area contributed by atoms with Gasteiger partial charge in [0.05, 0.1) is 18.3 Å². The van der Waals surface area contributed by atoms with E-state index in [4.69, 9.17) is 9.15 Å². The fourth-order valence-corrected chi connectivity index (χ4v) is 2.28. The number of ether oxygens (including phenoxy) is 1. The van der Waals surface area contributed by atoms with Gasteiger partial charge in [-0.2, -0.15) is 12.8 Å². The topological polar surface area (TPSA) is 68.9 Å². The van der Waals surface area contributed by atoms with Crippen molar-refractivity contribution in [2.45, 2.75) is 4.90 Å². The van der Waals surface area contributed by atoms with Crippen LogP contribution in [0.5, 0.6) is 5.75 Å². The number of sulfonamides is 1. The van der Waals surface area contributed by atoms with Crippen LogP contribution in [-0.4, -0.2) is 21.7 Å². The second-order valence-corrected chi connectivity index (χ2v) is 5.41. The Hall–Kier alpha value is -2.34. The van der Waals surface area contributed by atoms with Crippen molar-refractivity contribution in [2.75, 3.05) is 7.11 Å². The number of hydrogen-bond acceptors (Lipinski definition) is 4. The number of furan rings is 1. The highest BCUT2D eigenvalue weighted by Crippen LogP contribution is 2.17. The Bertz CT molecular complexity index is 698. The number of nitrogens with zero attached hydrogens (tertiary/aromatic N) is 1. The zero-order valence-electron chi connectivity index (χ0n) is 10.8. The summed E-state index contributed by atoms with van der Waals surface area (Å²) in [4.78, 5) is 0.112. The number of methoxy groups -OCH3 is 1. The zero-order valence-corrected chi connectivity index (χ0v) is 11.6. The zero-order chi connectivity index (χ0) is 14.4. The largest absolute Gasteiger partial charge is 0.497 e. The highest BCUT2D eigenvalue weighted by Gasteiger charge is 2.10. The Kier molecular flexibility index (Phi) is 4.37. The van der Waals surface area contributed by atoms with Crippen LogP contribution in [0.1, 0.15) is 5.76 Å². The molecule has 1 heterocycles. The van der Waals surface area contributed by atoms with E-state index in [1.165, 1.54) is 37.8 Å². The molecule has 0 aliphatic carbocycles. The molecule has 1 aromatic carbocycles. The first-order chi connectivity index (χ1) is 9.62. The van der Waals surface area contributed by atoms with Crippen molar-refractivity contribution in [2.24, 2.45) is 4.40 Å². The van der Waals surface area contributed by atoms with Gasteiger partial charge >= 0.3 is 0 Å². The third-order valence-corrected chi connectivity index (χ3v) is 3.71. The maximum Gasteiger partial charge on any atom is 0.282 e. The second kappa shape index (κ2) is 6.21. The molecule has 0 fully saturated rings. The lowest BCUT2D eigenvalue weighted by molar-refractivity contribution is 0.414. The molecule has 0 amide bonds. The minimum absolute atomic E-state index is 0.112. The fraction of sp³-hybridized carbons (Fsp3) is 0.0714. The van der Waals surface area contributed by atoms with Crippen LogP contribution in [-0.2, 0) is 10.0 Å². The van der Waals surface area contributed by atoms with Gasteiger partial charge in [-0.25, -0.2) is 0 Å². The molecule has 0 saturated heterocycles. The molecule has 0 aliphatic heterocycles. The number of benzene rings is 1. The Morgan fingerprint density at radius 3 is 2.55 bits per heavy atom. The van der Waals surface area contributed by atoms with Crippen molar-refractivity contribution in [3.8, 4) is 5.75 Å². The maximum absolute atomic E-state index is 11.9. The molecular formula is C14H13NO4S. The van der Waals surface area contributed by atoms with E-state index in [2.05, 4.69) is 4.40 Å². The maximum atomic E-state index is 11.9. The van der Waals surface area contributed by atoms with Crippen LogP contribution in [0.3, 0.4) is 0 Å². The lowest BCUT2D eigenvalue weighted by atomic mass is 10.3. The van der Waals surface area contributed by atoms with Crippen LogP contribution in [0.4, 0.5) is 0 Å². The van der Waals surface area contributed by atoms with E-state index in [-0.39, 0.29) is 4.90 Å².